The highest BCUT2D eigenvalue weighted by Gasteiger charge is 2.31. The molecule has 0 aliphatic carbocycles. The SMILES string of the molecule is COc1ccc(CN2CCc3cc(OC)c(OC)cc3[C@H]2c2cccc(Cl)c2)c(O)c1. The Morgan fingerprint density at radius 2 is 1.74 bits per heavy atom. The van der Waals surface area contributed by atoms with E-state index in [9.17, 15) is 5.11 Å². The average molecular weight is 440 g/mol. The summed E-state index contributed by atoms with van der Waals surface area (Å²) in [4.78, 5) is 2.35. The number of phenols is 1. The van der Waals surface area contributed by atoms with Crippen LogP contribution >= 0.6 is 11.6 Å². The van der Waals surface area contributed by atoms with Crippen molar-refractivity contribution in [1.29, 1.82) is 0 Å². The van der Waals surface area contributed by atoms with Gasteiger partial charge in [-0.15, -0.1) is 0 Å². The third kappa shape index (κ3) is 4.29. The van der Waals surface area contributed by atoms with Crippen molar-refractivity contribution in [1.82, 2.24) is 4.90 Å². The molecule has 1 aliphatic rings. The summed E-state index contributed by atoms with van der Waals surface area (Å²) >= 11 is 6.35. The molecule has 1 N–H and O–H groups in total. The van der Waals surface area contributed by atoms with Gasteiger partial charge < -0.3 is 19.3 Å². The lowest BCUT2D eigenvalue weighted by Crippen LogP contribution is -2.35. The van der Waals surface area contributed by atoms with E-state index in [2.05, 4.69) is 23.1 Å². The Kier molecular flexibility index (Phi) is 6.25. The molecule has 31 heavy (non-hydrogen) atoms. The second-order valence-electron chi connectivity index (χ2n) is 7.58. The first-order chi connectivity index (χ1) is 15.0. The third-order valence-corrected chi connectivity index (χ3v) is 6.04. The van der Waals surface area contributed by atoms with Crippen molar-refractivity contribution < 1.29 is 19.3 Å². The molecular formula is C25H26ClNO4. The van der Waals surface area contributed by atoms with Crippen LogP contribution in [0.2, 0.25) is 5.02 Å². The van der Waals surface area contributed by atoms with E-state index in [1.165, 1.54) is 5.56 Å². The molecule has 1 heterocycles. The van der Waals surface area contributed by atoms with Crippen LogP contribution < -0.4 is 14.2 Å². The lowest BCUT2D eigenvalue weighted by atomic mass is 9.87. The van der Waals surface area contributed by atoms with Gasteiger partial charge in [0.2, 0.25) is 0 Å². The Hall–Kier alpha value is -2.89. The van der Waals surface area contributed by atoms with Gasteiger partial charge in [0.25, 0.3) is 0 Å². The molecule has 3 aromatic carbocycles. The second-order valence-corrected chi connectivity index (χ2v) is 8.02. The monoisotopic (exact) mass is 439 g/mol. The highest BCUT2D eigenvalue weighted by atomic mass is 35.5. The lowest BCUT2D eigenvalue weighted by Gasteiger charge is -2.38. The van der Waals surface area contributed by atoms with Gasteiger partial charge in [-0.2, -0.15) is 0 Å². The van der Waals surface area contributed by atoms with Crippen molar-refractivity contribution >= 4 is 11.6 Å². The van der Waals surface area contributed by atoms with E-state index in [4.69, 9.17) is 25.8 Å². The summed E-state index contributed by atoms with van der Waals surface area (Å²) in [5.74, 6) is 2.28. The topological polar surface area (TPSA) is 51.2 Å². The summed E-state index contributed by atoms with van der Waals surface area (Å²) in [7, 11) is 4.89. The summed E-state index contributed by atoms with van der Waals surface area (Å²) in [6, 6.07) is 17.4. The van der Waals surface area contributed by atoms with Gasteiger partial charge in [-0.25, -0.2) is 0 Å². The smallest absolute Gasteiger partial charge is 0.161 e. The van der Waals surface area contributed by atoms with Crippen LogP contribution in [0.25, 0.3) is 0 Å². The maximum atomic E-state index is 10.5. The van der Waals surface area contributed by atoms with E-state index in [1.807, 2.05) is 30.3 Å². The number of fused-ring (bicyclic) bond motifs is 1. The van der Waals surface area contributed by atoms with Crippen LogP contribution in [-0.4, -0.2) is 37.9 Å². The molecule has 0 bridgehead atoms. The summed E-state index contributed by atoms with van der Waals surface area (Å²) in [5.41, 5.74) is 4.31. The molecule has 4 rings (SSSR count). The molecular weight excluding hydrogens is 414 g/mol. The van der Waals surface area contributed by atoms with Gasteiger partial charge in [-0.3, -0.25) is 4.90 Å². The van der Waals surface area contributed by atoms with Crippen molar-refractivity contribution in [3.8, 4) is 23.0 Å². The fourth-order valence-electron chi connectivity index (χ4n) is 4.26. The third-order valence-electron chi connectivity index (χ3n) is 5.80. The van der Waals surface area contributed by atoms with Crippen LogP contribution in [0.15, 0.2) is 54.6 Å². The molecule has 1 aliphatic heterocycles. The zero-order chi connectivity index (χ0) is 22.0. The quantitative estimate of drug-likeness (QED) is 0.570. The van der Waals surface area contributed by atoms with Crippen LogP contribution in [-0.2, 0) is 13.0 Å². The number of halogens is 1. The molecule has 162 valence electrons. The molecule has 1 atom stereocenters. The molecule has 0 fully saturated rings. The molecule has 5 nitrogen and oxygen atoms in total. The van der Waals surface area contributed by atoms with Crippen molar-refractivity contribution in [2.24, 2.45) is 0 Å². The molecule has 0 unspecified atom stereocenters. The average Bonchev–Trinajstić information content (AvgIpc) is 2.79. The first-order valence-electron chi connectivity index (χ1n) is 10.1. The maximum Gasteiger partial charge on any atom is 0.161 e. The number of nitrogens with zero attached hydrogens (tertiary/aromatic N) is 1. The Balaban J connectivity index is 1.79. The van der Waals surface area contributed by atoms with E-state index in [-0.39, 0.29) is 11.8 Å². The molecule has 6 heteroatoms. The van der Waals surface area contributed by atoms with E-state index in [1.54, 1.807) is 27.4 Å². The molecule has 3 aromatic rings. The number of benzene rings is 3. The van der Waals surface area contributed by atoms with Crippen LogP contribution in [0, 0.1) is 0 Å². The zero-order valence-electron chi connectivity index (χ0n) is 17.9. The number of hydrogen-bond acceptors (Lipinski definition) is 5. The highest BCUT2D eigenvalue weighted by molar-refractivity contribution is 6.30. The predicted molar refractivity (Wildman–Crippen MR) is 122 cm³/mol. The Bertz CT molecular complexity index is 1090. The number of ether oxygens (including phenoxy) is 3. The Labute approximate surface area is 187 Å². The van der Waals surface area contributed by atoms with Crippen molar-refractivity contribution in [2.75, 3.05) is 27.9 Å². The van der Waals surface area contributed by atoms with Gasteiger partial charge in [0.15, 0.2) is 11.5 Å². The molecule has 0 spiro atoms. The Morgan fingerprint density at radius 3 is 2.42 bits per heavy atom. The van der Waals surface area contributed by atoms with Gasteiger partial charge in [0, 0.05) is 29.7 Å². The molecule has 0 amide bonds. The standard InChI is InChI=1S/C25H26ClNO4/c1-29-20-8-7-18(22(28)13-20)15-27-10-9-16-12-23(30-2)24(31-3)14-21(16)25(27)17-5-4-6-19(26)11-17/h4-8,11-14,25,28H,9-10,15H2,1-3H3/t25-/m1/s1. The van der Waals surface area contributed by atoms with Crippen molar-refractivity contribution in [2.45, 2.75) is 19.0 Å². The summed E-state index contributed by atoms with van der Waals surface area (Å²) in [5, 5.41) is 11.2. The molecule has 0 saturated heterocycles. The highest BCUT2D eigenvalue weighted by Crippen LogP contribution is 2.42. The maximum absolute atomic E-state index is 10.5. The van der Waals surface area contributed by atoms with Crippen molar-refractivity contribution in [3.63, 3.8) is 0 Å². The summed E-state index contributed by atoms with van der Waals surface area (Å²) < 4.78 is 16.3. The predicted octanol–water partition coefficient (Wildman–Crippen LogP) is 5.22. The van der Waals surface area contributed by atoms with E-state index in [0.717, 1.165) is 35.4 Å². The largest absolute Gasteiger partial charge is 0.507 e. The van der Waals surface area contributed by atoms with E-state index in [0.29, 0.717) is 23.1 Å². The first-order valence-corrected chi connectivity index (χ1v) is 10.5. The number of aromatic hydroxyl groups is 1. The minimum atomic E-state index is -0.0382. The van der Waals surface area contributed by atoms with Gasteiger partial charge in [-0.05, 0) is 53.4 Å². The number of rotatable bonds is 6. The van der Waals surface area contributed by atoms with Gasteiger partial charge >= 0.3 is 0 Å². The Morgan fingerprint density at radius 1 is 0.968 bits per heavy atom. The number of hydrogen-bond donors (Lipinski definition) is 1. The lowest BCUT2D eigenvalue weighted by molar-refractivity contribution is 0.201. The zero-order valence-corrected chi connectivity index (χ0v) is 18.6. The molecule has 0 aromatic heterocycles. The fraction of sp³-hybridized carbons (Fsp3) is 0.280. The van der Waals surface area contributed by atoms with Crippen LogP contribution in [0.4, 0.5) is 0 Å². The second kappa shape index (κ2) is 9.08. The minimum Gasteiger partial charge on any atom is -0.507 e. The fourth-order valence-corrected chi connectivity index (χ4v) is 4.46. The summed E-state index contributed by atoms with van der Waals surface area (Å²) in [6.07, 6.45) is 0.865. The van der Waals surface area contributed by atoms with Crippen LogP contribution in [0.5, 0.6) is 23.0 Å². The number of phenolic OH excluding ortho intramolecular Hbond substituents is 1. The van der Waals surface area contributed by atoms with E-state index < -0.39 is 0 Å². The minimum absolute atomic E-state index is 0.0382. The first kappa shape index (κ1) is 21.3. The van der Waals surface area contributed by atoms with Crippen molar-refractivity contribution in [3.05, 3.63) is 81.9 Å². The molecule has 0 radical (unpaired) electrons. The normalized spacial score (nSPS) is 15.9. The molecule has 0 saturated carbocycles. The van der Waals surface area contributed by atoms with Gasteiger partial charge in [0.05, 0.1) is 27.4 Å². The van der Waals surface area contributed by atoms with Crippen LogP contribution in [0.1, 0.15) is 28.3 Å². The van der Waals surface area contributed by atoms with Gasteiger partial charge in [-0.1, -0.05) is 29.8 Å². The van der Waals surface area contributed by atoms with E-state index >= 15 is 0 Å². The van der Waals surface area contributed by atoms with Crippen LogP contribution in [0.3, 0.4) is 0 Å². The van der Waals surface area contributed by atoms with Gasteiger partial charge in [0.1, 0.15) is 11.5 Å². The number of methoxy groups -OCH3 is 3. The summed E-state index contributed by atoms with van der Waals surface area (Å²) in [6.45, 7) is 1.41.